The number of non-ortho nitro benzene ring substituents is 1. The fraction of sp³-hybridized carbons (Fsp3) is 0.364. The molecular weight excluding hydrogens is 277 g/mol. The molecule has 0 aliphatic carbocycles. The van der Waals surface area contributed by atoms with E-state index in [0.717, 1.165) is 18.2 Å². The Morgan fingerprint density at radius 3 is 2.63 bits per heavy atom. The van der Waals surface area contributed by atoms with Crippen molar-refractivity contribution in [2.24, 2.45) is 0 Å². The maximum Gasteiger partial charge on any atom is 0.272 e. The molecule has 1 amide bonds. The SMILES string of the molecule is CNCCN(C)C(=O)c1ccc([N+](=O)[O-])cc1F.Cl. The Labute approximate surface area is 116 Å². The number of amides is 1. The van der Waals surface area contributed by atoms with Gasteiger partial charge in [-0.2, -0.15) is 0 Å². The summed E-state index contributed by atoms with van der Waals surface area (Å²) in [6, 6.07) is 2.99. The van der Waals surface area contributed by atoms with Crippen LogP contribution in [0.1, 0.15) is 10.4 Å². The lowest BCUT2D eigenvalue weighted by molar-refractivity contribution is -0.385. The summed E-state index contributed by atoms with van der Waals surface area (Å²) in [7, 11) is 3.28. The first-order valence-electron chi connectivity index (χ1n) is 5.31. The Morgan fingerprint density at radius 1 is 1.53 bits per heavy atom. The first-order chi connectivity index (χ1) is 8.47. The van der Waals surface area contributed by atoms with Crippen LogP contribution in [0.4, 0.5) is 10.1 Å². The highest BCUT2D eigenvalue weighted by atomic mass is 35.5. The van der Waals surface area contributed by atoms with E-state index in [1.807, 2.05) is 0 Å². The van der Waals surface area contributed by atoms with Gasteiger partial charge in [-0.1, -0.05) is 0 Å². The number of nitro groups is 1. The zero-order chi connectivity index (χ0) is 13.7. The van der Waals surface area contributed by atoms with Gasteiger partial charge in [-0.15, -0.1) is 12.4 Å². The van der Waals surface area contributed by atoms with Gasteiger partial charge >= 0.3 is 0 Å². The molecule has 8 heteroatoms. The number of nitrogens with one attached hydrogen (secondary N) is 1. The van der Waals surface area contributed by atoms with Crippen LogP contribution >= 0.6 is 12.4 Å². The van der Waals surface area contributed by atoms with E-state index in [4.69, 9.17) is 0 Å². The third-order valence-corrected chi connectivity index (χ3v) is 2.44. The molecule has 0 aliphatic heterocycles. The summed E-state index contributed by atoms with van der Waals surface area (Å²) in [6.45, 7) is 1.00. The molecule has 1 aromatic carbocycles. The van der Waals surface area contributed by atoms with Crippen LogP contribution in [-0.4, -0.2) is 42.9 Å². The molecule has 106 valence electrons. The van der Waals surface area contributed by atoms with E-state index in [1.54, 1.807) is 14.1 Å². The van der Waals surface area contributed by atoms with Crippen molar-refractivity contribution in [2.75, 3.05) is 27.2 Å². The van der Waals surface area contributed by atoms with Crippen molar-refractivity contribution in [1.29, 1.82) is 0 Å². The lowest BCUT2D eigenvalue weighted by Crippen LogP contribution is -2.33. The molecule has 0 spiro atoms. The van der Waals surface area contributed by atoms with Gasteiger partial charge in [0.1, 0.15) is 5.82 Å². The number of carbonyl (C=O) groups is 1. The first-order valence-corrected chi connectivity index (χ1v) is 5.31. The third-order valence-electron chi connectivity index (χ3n) is 2.44. The highest BCUT2D eigenvalue weighted by Crippen LogP contribution is 2.17. The van der Waals surface area contributed by atoms with Gasteiger partial charge in [-0.05, 0) is 13.1 Å². The van der Waals surface area contributed by atoms with Crippen LogP contribution in [0.5, 0.6) is 0 Å². The number of benzene rings is 1. The highest BCUT2D eigenvalue weighted by Gasteiger charge is 2.18. The van der Waals surface area contributed by atoms with Gasteiger partial charge in [0.15, 0.2) is 0 Å². The number of nitro benzene ring substituents is 1. The molecule has 0 fully saturated rings. The molecule has 0 saturated heterocycles. The minimum atomic E-state index is -0.884. The molecule has 1 rings (SSSR count). The minimum Gasteiger partial charge on any atom is -0.340 e. The third kappa shape index (κ3) is 4.46. The van der Waals surface area contributed by atoms with Crippen molar-refractivity contribution in [2.45, 2.75) is 0 Å². The molecule has 0 saturated carbocycles. The zero-order valence-electron chi connectivity index (χ0n) is 10.6. The monoisotopic (exact) mass is 291 g/mol. The highest BCUT2D eigenvalue weighted by molar-refractivity contribution is 5.94. The van der Waals surface area contributed by atoms with Gasteiger partial charge in [-0.3, -0.25) is 14.9 Å². The number of carbonyl (C=O) groups excluding carboxylic acids is 1. The Kier molecular flexibility index (Phi) is 6.95. The van der Waals surface area contributed by atoms with Crippen molar-refractivity contribution >= 4 is 24.0 Å². The van der Waals surface area contributed by atoms with Crippen molar-refractivity contribution < 1.29 is 14.1 Å². The Hall–Kier alpha value is -1.73. The lowest BCUT2D eigenvalue weighted by atomic mass is 10.1. The molecule has 0 atom stereocenters. The van der Waals surface area contributed by atoms with Crippen LogP contribution in [-0.2, 0) is 0 Å². The standard InChI is InChI=1S/C11H14FN3O3.ClH/c1-13-5-6-14(2)11(16)9-4-3-8(15(17)18)7-10(9)12;/h3-4,7,13H,5-6H2,1-2H3;1H. The average Bonchev–Trinajstić information content (AvgIpc) is 2.34. The van der Waals surface area contributed by atoms with Gasteiger partial charge in [0.05, 0.1) is 16.6 Å². The normalized spacial score (nSPS) is 9.63. The van der Waals surface area contributed by atoms with E-state index in [0.29, 0.717) is 13.1 Å². The maximum atomic E-state index is 13.6. The number of rotatable bonds is 5. The molecule has 19 heavy (non-hydrogen) atoms. The molecule has 0 radical (unpaired) electrons. The van der Waals surface area contributed by atoms with Gasteiger partial charge in [0, 0.05) is 26.2 Å². The molecule has 0 aliphatic rings. The fourth-order valence-corrected chi connectivity index (χ4v) is 1.38. The van der Waals surface area contributed by atoms with E-state index in [2.05, 4.69) is 5.32 Å². The molecule has 0 bridgehead atoms. The number of hydrogen-bond acceptors (Lipinski definition) is 4. The van der Waals surface area contributed by atoms with Crippen LogP contribution in [0.2, 0.25) is 0 Å². The molecule has 6 nitrogen and oxygen atoms in total. The summed E-state index contributed by atoms with van der Waals surface area (Å²) in [5, 5.41) is 13.3. The molecule has 1 N–H and O–H groups in total. The lowest BCUT2D eigenvalue weighted by Gasteiger charge is -2.17. The predicted octanol–water partition coefficient (Wildman–Crippen LogP) is 1.45. The van der Waals surface area contributed by atoms with Crippen molar-refractivity contribution in [3.63, 3.8) is 0 Å². The molecular formula is C11H15ClFN3O3. The van der Waals surface area contributed by atoms with Crippen LogP contribution in [0, 0.1) is 15.9 Å². The van der Waals surface area contributed by atoms with E-state index >= 15 is 0 Å². The molecule has 1 aromatic rings. The number of likely N-dealkylation sites (N-methyl/N-ethyl adjacent to an activating group) is 2. The maximum absolute atomic E-state index is 13.6. The predicted molar refractivity (Wildman–Crippen MR) is 71.2 cm³/mol. The smallest absolute Gasteiger partial charge is 0.272 e. The van der Waals surface area contributed by atoms with Crippen LogP contribution in [0.3, 0.4) is 0 Å². The van der Waals surface area contributed by atoms with Gasteiger partial charge < -0.3 is 10.2 Å². The second kappa shape index (κ2) is 7.65. The summed E-state index contributed by atoms with van der Waals surface area (Å²) >= 11 is 0. The van der Waals surface area contributed by atoms with Crippen molar-refractivity contribution in [3.05, 3.63) is 39.7 Å². The number of halogens is 2. The minimum absolute atomic E-state index is 0. The zero-order valence-corrected chi connectivity index (χ0v) is 11.4. The summed E-state index contributed by atoms with van der Waals surface area (Å²) < 4.78 is 13.6. The number of hydrogen-bond donors (Lipinski definition) is 1. The topological polar surface area (TPSA) is 75.5 Å². The fourth-order valence-electron chi connectivity index (χ4n) is 1.38. The van der Waals surface area contributed by atoms with Gasteiger partial charge in [-0.25, -0.2) is 4.39 Å². The first kappa shape index (κ1) is 17.3. The van der Waals surface area contributed by atoms with Crippen LogP contribution in [0.25, 0.3) is 0 Å². The van der Waals surface area contributed by atoms with Crippen LogP contribution in [0.15, 0.2) is 18.2 Å². The summed E-state index contributed by atoms with van der Waals surface area (Å²) in [5.74, 6) is -1.39. The van der Waals surface area contributed by atoms with Crippen molar-refractivity contribution in [1.82, 2.24) is 10.2 Å². The number of nitrogens with zero attached hydrogens (tertiary/aromatic N) is 2. The Morgan fingerprint density at radius 2 is 2.16 bits per heavy atom. The summed E-state index contributed by atoms with van der Waals surface area (Å²) in [6.07, 6.45) is 0. The van der Waals surface area contributed by atoms with Gasteiger partial charge in [0.2, 0.25) is 0 Å². The van der Waals surface area contributed by atoms with Crippen molar-refractivity contribution in [3.8, 4) is 0 Å². The largest absolute Gasteiger partial charge is 0.340 e. The Balaban J connectivity index is 0.00000324. The average molecular weight is 292 g/mol. The molecule has 0 unspecified atom stereocenters. The molecule has 0 heterocycles. The van der Waals surface area contributed by atoms with Crippen LogP contribution < -0.4 is 5.32 Å². The van der Waals surface area contributed by atoms with E-state index in [9.17, 15) is 19.3 Å². The summed E-state index contributed by atoms with van der Waals surface area (Å²) in [4.78, 5) is 22.9. The quantitative estimate of drug-likeness (QED) is 0.658. The molecule has 0 aromatic heterocycles. The van der Waals surface area contributed by atoms with E-state index in [-0.39, 0.29) is 23.7 Å². The Bertz CT molecular complexity index is 470. The van der Waals surface area contributed by atoms with E-state index in [1.165, 1.54) is 4.90 Å². The second-order valence-corrected chi connectivity index (χ2v) is 3.75. The van der Waals surface area contributed by atoms with Gasteiger partial charge in [0.25, 0.3) is 11.6 Å². The summed E-state index contributed by atoms with van der Waals surface area (Å²) in [5.41, 5.74) is -0.541. The van der Waals surface area contributed by atoms with E-state index < -0.39 is 16.6 Å². The second-order valence-electron chi connectivity index (χ2n) is 3.75.